The second kappa shape index (κ2) is 4.40. The number of methoxy groups -OCH3 is 1. The van der Waals surface area contributed by atoms with E-state index in [-0.39, 0.29) is 11.9 Å². The topological polar surface area (TPSA) is 47.9 Å². The van der Waals surface area contributed by atoms with Crippen molar-refractivity contribution < 1.29 is 19.3 Å². The number of para-hydroxylation sites is 1. The largest absolute Gasteiger partial charge is 0.504 e. The van der Waals surface area contributed by atoms with Gasteiger partial charge in [0.25, 0.3) is 0 Å². The molecule has 0 aliphatic carbocycles. The number of hydrogen-bond acceptors (Lipinski definition) is 4. The summed E-state index contributed by atoms with van der Waals surface area (Å²) in [5.41, 5.74) is 0. The number of hydrogen-bond donors (Lipinski definition) is 1. The first-order valence-electron chi connectivity index (χ1n) is 4.91. The second-order valence-corrected chi connectivity index (χ2v) is 3.41. The van der Waals surface area contributed by atoms with E-state index in [1.165, 1.54) is 7.11 Å². The van der Waals surface area contributed by atoms with Gasteiger partial charge in [0.1, 0.15) is 6.10 Å². The van der Waals surface area contributed by atoms with Crippen molar-refractivity contribution >= 4 is 0 Å². The van der Waals surface area contributed by atoms with Crippen LogP contribution in [0.5, 0.6) is 17.2 Å². The molecule has 82 valence electrons. The van der Waals surface area contributed by atoms with Crippen molar-refractivity contribution in [1.29, 1.82) is 0 Å². The molecular formula is C11H14O4. The molecule has 15 heavy (non-hydrogen) atoms. The first kappa shape index (κ1) is 10.1. The summed E-state index contributed by atoms with van der Waals surface area (Å²) in [5.74, 6) is 1.03. The molecule has 1 saturated heterocycles. The van der Waals surface area contributed by atoms with E-state index in [0.29, 0.717) is 18.1 Å². The summed E-state index contributed by atoms with van der Waals surface area (Å²) in [6, 6.07) is 5.07. The Bertz CT molecular complexity index is 331. The van der Waals surface area contributed by atoms with Crippen molar-refractivity contribution in [2.75, 3.05) is 20.3 Å². The molecule has 2 rings (SSSR count). The Kier molecular flexibility index (Phi) is 2.97. The Morgan fingerprint density at radius 2 is 2.33 bits per heavy atom. The van der Waals surface area contributed by atoms with E-state index in [0.717, 1.165) is 13.0 Å². The van der Waals surface area contributed by atoms with Gasteiger partial charge in [-0.3, -0.25) is 0 Å². The number of ether oxygens (including phenoxy) is 3. The van der Waals surface area contributed by atoms with E-state index < -0.39 is 0 Å². The van der Waals surface area contributed by atoms with Gasteiger partial charge in [0.15, 0.2) is 11.5 Å². The molecule has 0 aromatic heterocycles. The molecule has 0 saturated carbocycles. The molecule has 1 aromatic carbocycles. The minimum absolute atomic E-state index is 0.0562. The fraction of sp³-hybridized carbons (Fsp3) is 0.455. The third-order valence-corrected chi connectivity index (χ3v) is 2.34. The summed E-state index contributed by atoms with van der Waals surface area (Å²) >= 11 is 0. The molecule has 4 nitrogen and oxygen atoms in total. The van der Waals surface area contributed by atoms with E-state index in [2.05, 4.69) is 0 Å². The molecule has 0 amide bonds. The highest BCUT2D eigenvalue weighted by molar-refractivity contribution is 5.50. The van der Waals surface area contributed by atoms with Crippen molar-refractivity contribution in [3.8, 4) is 17.2 Å². The van der Waals surface area contributed by atoms with Crippen molar-refractivity contribution in [3.63, 3.8) is 0 Å². The molecule has 1 aromatic rings. The summed E-state index contributed by atoms with van der Waals surface area (Å²) < 4.78 is 15.9. The first-order valence-corrected chi connectivity index (χ1v) is 4.91. The number of benzene rings is 1. The lowest BCUT2D eigenvalue weighted by atomic mass is 10.2. The normalized spacial score (nSPS) is 20.2. The molecule has 0 spiro atoms. The third kappa shape index (κ3) is 2.15. The molecular weight excluding hydrogens is 196 g/mol. The number of rotatable bonds is 3. The van der Waals surface area contributed by atoms with Gasteiger partial charge in [0.2, 0.25) is 5.75 Å². The SMILES string of the molecule is COc1c(O)cccc1OC1CCOC1. The highest BCUT2D eigenvalue weighted by Crippen LogP contribution is 2.36. The number of phenols is 1. The standard InChI is InChI=1S/C11H14O4/c1-13-11-9(12)3-2-4-10(11)15-8-5-6-14-7-8/h2-4,8,12H,5-7H2,1H3. The van der Waals surface area contributed by atoms with Crippen LogP contribution in [0.25, 0.3) is 0 Å². The van der Waals surface area contributed by atoms with Crippen LogP contribution in [0.15, 0.2) is 18.2 Å². The van der Waals surface area contributed by atoms with Gasteiger partial charge in [-0.05, 0) is 12.1 Å². The van der Waals surface area contributed by atoms with Crippen LogP contribution in [0.3, 0.4) is 0 Å². The molecule has 1 heterocycles. The highest BCUT2D eigenvalue weighted by Gasteiger charge is 2.19. The molecule has 1 N–H and O–H groups in total. The van der Waals surface area contributed by atoms with E-state index in [1.807, 2.05) is 0 Å². The molecule has 0 radical (unpaired) electrons. The van der Waals surface area contributed by atoms with E-state index in [9.17, 15) is 5.11 Å². The van der Waals surface area contributed by atoms with Gasteiger partial charge >= 0.3 is 0 Å². The van der Waals surface area contributed by atoms with Gasteiger partial charge < -0.3 is 19.3 Å². The predicted molar refractivity (Wildman–Crippen MR) is 54.5 cm³/mol. The number of phenolic OH excluding ortho intramolecular Hbond substituents is 1. The fourth-order valence-electron chi connectivity index (χ4n) is 1.59. The third-order valence-electron chi connectivity index (χ3n) is 2.34. The first-order chi connectivity index (χ1) is 7.31. The zero-order chi connectivity index (χ0) is 10.7. The van der Waals surface area contributed by atoms with Crippen LogP contribution in [0.4, 0.5) is 0 Å². The van der Waals surface area contributed by atoms with Gasteiger partial charge in [0, 0.05) is 6.42 Å². The Morgan fingerprint density at radius 1 is 1.47 bits per heavy atom. The Labute approximate surface area is 88.4 Å². The zero-order valence-electron chi connectivity index (χ0n) is 8.60. The lowest BCUT2D eigenvalue weighted by Gasteiger charge is -2.15. The van der Waals surface area contributed by atoms with Crippen LogP contribution in [0.1, 0.15) is 6.42 Å². The molecule has 1 atom stereocenters. The Hall–Kier alpha value is -1.42. The Morgan fingerprint density at radius 3 is 3.00 bits per heavy atom. The molecule has 1 aliphatic rings. The maximum Gasteiger partial charge on any atom is 0.203 e. The van der Waals surface area contributed by atoms with Crippen LogP contribution < -0.4 is 9.47 Å². The Balaban J connectivity index is 2.15. The molecule has 1 fully saturated rings. The van der Waals surface area contributed by atoms with Crippen LogP contribution in [0.2, 0.25) is 0 Å². The average Bonchev–Trinajstić information content (AvgIpc) is 2.71. The summed E-state index contributed by atoms with van der Waals surface area (Å²) in [6.45, 7) is 1.32. The summed E-state index contributed by atoms with van der Waals surface area (Å²) in [5, 5.41) is 9.53. The highest BCUT2D eigenvalue weighted by atomic mass is 16.6. The lowest BCUT2D eigenvalue weighted by Crippen LogP contribution is -2.16. The number of aromatic hydroxyl groups is 1. The maximum absolute atomic E-state index is 9.53. The van der Waals surface area contributed by atoms with Gasteiger partial charge in [-0.15, -0.1) is 0 Å². The van der Waals surface area contributed by atoms with Crippen molar-refractivity contribution in [2.24, 2.45) is 0 Å². The van der Waals surface area contributed by atoms with Crippen LogP contribution in [0, 0.1) is 0 Å². The minimum Gasteiger partial charge on any atom is -0.504 e. The monoisotopic (exact) mass is 210 g/mol. The predicted octanol–water partition coefficient (Wildman–Crippen LogP) is 1.57. The summed E-state index contributed by atoms with van der Waals surface area (Å²) in [6.07, 6.45) is 0.930. The minimum atomic E-state index is 0.0562. The van der Waals surface area contributed by atoms with E-state index in [4.69, 9.17) is 14.2 Å². The van der Waals surface area contributed by atoms with Crippen LogP contribution in [-0.2, 0) is 4.74 Å². The lowest BCUT2D eigenvalue weighted by molar-refractivity contribution is 0.138. The second-order valence-electron chi connectivity index (χ2n) is 3.41. The van der Waals surface area contributed by atoms with Gasteiger partial charge in [-0.25, -0.2) is 0 Å². The van der Waals surface area contributed by atoms with Crippen molar-refractivity contribution in [1.82, 2.24) is 0 Å². The molecule has 1 unspecified atom stereocenters. The summed E-state index contributed by atoms with van der Waals surface area (Å²) in [7, 11) is 1.51. The van der Waals surface area contributed by atoms with Crippen LogP contribution in [-0.4, -0.2) is 31.5 Å². The quantitative estimate of drug-likeness (QED) is 0.822. The smallest absolute Gasteiger partial charge is 0.203 e. The van der Waals surface area contributed by atoms with E-state index >= 15 is 0 Å². The zero-order valence-corrected chi connectivity index (χ0v) is 8.60. The van der Waals surface area contributed by atoms with Crippen molar-refractivity contribution in [3.05, 3.63) is 18.2 Å². The molecule has 4 heteroatoms. The van der Waals surface area contributed by atoms with Gasteiger partial charge in [-0.1, -0.05) is 6.07 Å². The van der Waals surface area contributed by atoms with Crippen LogP contribution >= 0.6 is 0 Å². The molecule has 0 bridgehead atoms. The fourth-order valence-corrected chi connectivity index (χ4v) is 1.59. The average molecular weight is 210 g/mol. The van der Waals surface area contributed by atoms with Gasteiger partial charge in [0.05, 0.1) is 20.3 Å². The summed E-state index contributed by atoms with van der Waals surface area (Å²) in [4.78, 5) is 0. The van der Waals surface area contributed by atoms with Gasteiger partial charge in [-0.2, -0.15) is 0 Å². The van der Waals surface area contributed by atoms with E-state index in [1.54, 1.807) is 18.2 Å². The van der Waals surface area contributed by atoms with Crippen molar-refractivity contribution in [2.45, 2.75) is 12.5 Å². The maximum atomic E-state index is 9.53. The molecule has 1 aliphatic heterocycles.